The Kier molecular flexibility index (Phi) is 5.16. The number of nitrogens with one attached hydrogen (secondary N) is 2. The van der Waals surface area contributed by atoms with E-state index in [9.17, 15) is 4.39 Å². The summed E-state index contributed by atoms with van der Waals surface area (Å²) in [7, 11) is 1.57. The molecule has 2 N–H and O–H groups in total. The Morgan fingerprint density at radius 3 is 3.00 bits per heavy atom. The summed E-state index contributed by atoms with van der Waals surface area (Å²) in [6.07, 6.45) is 6.29. The van der Waals surface area contributed by atoms with Crippen molar-refractivity contribution in [3.8, 4) is 17.1 Å². The van der Waals surface area contributed by atoms with E-state index in [0.29, 0.717) is 23.9 Å². The molecule has 8 nitrogen and oxygen atoms in total. The number of pyridine rings is 1. The molecule has 1 aliphatic heterocycles. The number of hydrogen-bond acceptors (Lipinski definition) is 7. The van der Waals surface area contributed by atoms with Crippen LogP contribution in [0.4, 0.5) is 16.2 Å². The van der Waals surface area contributed by atoms with E-state index in [1.54, 1.807) is 31.6 Å². The lowest BCUT2D eigenvalue weighted by molar-refractivity contribution is 0.0174. The molecule has 9 heteroatoms. The predicted molar refractivity (Wildman–Crippen MR) is 101 cm³/mol. The van der Waals surface area contributed by atoms with Gasteiger partial charge in [-0.1, -0.05) is 0 Å². The highest BCUT2D eigenvalue weighted by molar-refractivity contribution is 5.58. The first-order valence-electron chi connectivity index (χ1n) is 9.09. The van der Waals surface area contributed by atoms with Gasteiger partial charge in [-0.05, 0) is 25.8 Å². The van der Waals surface area contributed by atoms with Gasteiger partial charge in [-0.3, -0.25) is 0 Å². The van der Waals surface area contributed by atoms with Gasteiger partial charge in [-0.2, -0.15) is 0 Å². The SMILES string of the molecule is COc1ccnc(Nc2ncc(F)c(-c3cnc(C4CCOC(C)C4)[nH]3)n2)c1. The average Bonchev–Trinajstić information content (AvgIpc) is 3.20. The van der Waals surface area contributed by atoms with Gasteiger partial charge < -0.3 is 19.8 Å². The summed E-state index contributed by atoms with van der Waals surface area (Å²) in [6, 6.07) is 3.43. The summed E-state index contributed by atoms with van der Waals surface area (Å²) in [5, 5.41) is 2.96. The molecular weight excluding hydrogens is 363 g/mol. The van der Waals surface area contributed by atoms with E-state index in [1.165, 1.54) is 0 Å². The third-order valence-electron chi connectivity index (χ3n) is 4.67. The molecule has 2 unspecified atom stereocenters. The summed E-state index contributed by atoms with van der Waals surface area (Å²) in [4.78, 5) is 20.1. The van der Waals surface area contributed by atoms with Gasteiger partial charge in [0.25, 0.3) is 0 Å². The van der Waals surface area contributed by atoms with Gasteiger partial charge in [-0.25, -0.2) is 24.3 Å². The molecule has 0 amide bonds. The molecular formula is C19H21FN6O2. The number of nitrogens with zero attached hydrogens (tertiary/aromatic N) is 4. The van der Waals surface area contributed by atoms with Gasteiger partial charge in [-0.15, -0.1) is 0 Å². The Labute approximate surface area is 161 Å². The molecule has 4 rings (SSSR count). The van der Waals surface area contributed by atoms with E-state index >= 15 is 0 Å². The monoisotopic (exact) mass is 384 g/mol. The fraction of sp³-hybridized carbons (Fsp3) is 0.368. The molecule has 2 atom stereocenters. The number of H-pyrrole nitrogens is 1. The van der Waals surface area contributed by atoms with Crippen LogP contribution in [-0.2, 0) is 4.74 Å². The first-order chi connectivity index (χ1) is 13.6. The van der Waals surface area contributed by atoms with Crippen LogP contribution in [0.25, 0.3) is 11.4 Å². The normalized spacial score (nSPS) is 19.4. The maximum absolute atomic E-state index is 14.4. The largest absolute Gasteiger partial charge is 0.497 e. The molecule has 0 saturated carbocycles. The Morgan fingerprint density at radius 2 is 2.18 bits per heavy atom. The van der Waals surface area contributed by atoms with Crippen molar-refractivity contribution < 1.29 is 13.9 Å². The van der Waals surface area contributed by atoms with Gasteiger partial charge in [0.05, 0.1) is 31.3 Å². The number of rotatable bonds is 5. The smallest absolute Gasteiger partial charge is 0.229 e. The first kappa shape index (κ1) is 18.3. The van der Waals surface area contributed by atoms with Crippen molar-refractivity contribution in [2.45, 2.75) is 31.8 Å². The number of aromatic nitrogens is 5. The molecule has 0 spiro atoms. The molecule has 4 heterocycles. The lowest BCUT2D eigenvalue weighted by Gasteiger charge is -2.25. The van der Waals surface area contributed by atoms with Gasteiger partial charge >= 0.3 is 0 Å². The van der Waals surface area contributed by atoms with Crippen molar-refractivity contribution in [3.05, 3.63) is 42.4 Å². The molecule has 1 saturated heterocycles. The molecule has 0 aliphatic carbocycles. The lowest BCUT2D eigenvalue weighted by Crippen LogP contribution is -2.22. The number of ether oxygens (including phenoxy) is 2. The van der Waals surface area contributed by atoms with Crippen LogP contribution in [0, 0.1) is 5.82 Å². The minimum atomic E-state index is -0.528. The predicted octanol–water partition coefficient (Wildman–Crippen LogP) is 3.44. The topological polar surface area (TPSA) is 97.8 Å². The van der Waals surface area contributed by atoms with Crippen LogP contribution in [0.3, 0.4) is 0 Å². The second-order valence-electron chi connectivity index (χ2n) is 6.68. The van der Waals surface area contributed by atoms with Crippen molar-refractivity contribution in [2.24, 2.45) is 0 Å². The van der Waals surface area contributed by atoms with Gasteiger partial charge in [0.15, 0.2) is 5.82 Å². The summed E-state index contributed by atoms with van der Waals surface area (Å²) < 4.78 is 25.1. The summed E-state index contributed by atoms with van der Waals surface area (Å²) in [6.45, 7) is 2.75. The molecule has 3 aromatic heterocycles. The highest BCUT2D eigenvalue weighted by Gasteiger charge is 2.24. The van der Waals surface area contributed by atoms with Crippen molar-refractivity contribution in [3.63, 3.8) is 0 Å². The summed E-state index contributed by atoms with van der Waals surface area (Å²) in [5.74, 6) is 1.93. The molecule has 146 valence electrons. The van der Waals surface area contributed by atoms with Gasteiger partial charge in [0.2, 0.25) is 5.95 Å². The number of halogens is 1. The number of imidazole rings is 1. The van der Waals surface area contributed by atoms with Crippen LogP contribution in [0.1, 0.15) is 31.5 Å². The fourth-order valence-electron chi connectivity index (χ4n) is 3.25. The standard InChI is InChI=1S/C19H21FN6O2/c1-11-7-12(4-6-28-11)18-22-10-15(24-18)17-14(20)9-23-19(26-17)25-16-8-13(27-2)3-5-21-16/h3,5,8-12H,4,6-7H2,1-2H3,(H,22,24)(H,21,23,25,26). The van der Waals surface area contributed by atoms with E-state index in [-0.39, 0.29) is 23.7 Å². The average molecular weight is 384 g/mol. The molecule has 0 radical (unpaired) electrons. The quantitative estimate of drug-likeness (QED) is 0.695. The zero-order chi connectivity index (χ0) is 19.5. The van der Waals surface area contributed by atoms with E-state index < -0.39 is 5.82 Å². The Balaban J connectivity index is 1.57. The van der Waals surface area contributed by atoms with Gasteiger partial charge in [0, 0.05) is 24.8 Å². The van der Waals surface area contributed by atoms with Crippen LogP contribution in [-0.4, -0.2) is 44.7 Å². The molecule has 28 heavy (non-hydrogen) atoms. The van der Waals surface area contributed by atoms with Crippen LogP contribution in [0.15, 0.2) is 30.7 Å². The Morgan fingerprint density at radius 1 is 1.29 bits per heavy atom. The van der Waals surface area contributed by atoms with Crippen molar-refractivity contribution in [2.75, 3.05) is 19.0 Å². The van der Waals surface area contributed by atoms with E-state index in [1.807, 2.05) is 6.92 Å². The fourth-order valence-corrected chi connectivity index (χ4v) is 3.25. The van der Waals surface area contributed by atoms with Crippen molar-refractivity contribution >= 4 is 11.8 Å². The Hall–Kier alpha value is -3.07. The van der Waals surface area contributed by atoms with Crippen LogP contribution >= 0.6 is 0 Å². The molecule has 3 aromatic rings. The van der Waals surface area contributed by atoms with Crippen molar-refractivity contribution in [1.29, 1.82) is 0 Å². The zero-order valence-corrected chi connectivity index (χ0v) is 15.6. The minimum Gasteiger partial charge on any atom is -0.497 e. The van der Waals surface area contributed by atoms with Crippen LogP contribution < -0.4 is 10.1 Å². The number of methoxy groups -OCH3 is 1. The summed E-state index contributed by atoms with van der Waals surface area (Å²) in [5.41, 5.74) is 0.662. The summed E-state index contributed by atoms with van der Waals surface area (Å²) >= 11 is 0. The third-order valence-corrected chi connectivity index (χ3v) is 4.67. The molecule has 0 aromatic carbocycles. The lowest BCUT2D eigenvalue weighted by atomic mass is 9.96. The van der Waals surface area contributed by atoms with E-state index in [0.717, 1.165) is 24.9 Å². The maximum atomic E-state index is 14.4. The third kappa shape index (κ3) is 3.94. The zero-order valence-electron chi connectivity index (χ0n) is 15.6. The highest BCUT2D eigenvalue weighted by Crippen LogP contribution is 2.30. The highest BCUT2D eigenvalue weighted by atomic mass is 19.1. The number of hydrogen-bond donors (Lipinski definition) is 2. The molecule has 0 bridgehead atoms. The van der Waals surface area contributed by atoms with Crippen LogP contribution in [0.5, 0.6) is 5.75 Å². The number of anilines is 2. The second kappa shape index (κ2) is 7.89. The van der Waals surface area contributed by atoms with E-state index in [2.05, 4.69) is 30.2 Å². The van der Waals surface area contributed by atoms with E-state index in [4.69, 9.17) is 9.47 Å². The van der Waals surface area contributed by atoms with Crippen LogP contribution in [0.2, 0.25) is 0 Å². The van der Waals surface area contributed by atoms with Crippen molar-refractivity contribution in [1.82, 2.24) is 24.9 Å². The first-order valence-corrected chi connectivity index (χ1v) is 9.09. The van der Waals surface area contributed by atoms with Gasteiger partial charge in [0.1, 0.15) is 23.1 Å². The minimum absolute atomic E-state index is 0.152. The second-order valence-corrected chi connectivity index (χ2v) is 6.68. The Bertz CT molecular complexity index is 963. The molecule has 1 fully saturated rings. The maximum Gasteiger partial charge on any atom is 0.229 e. The number of aromatic amines is 1. The molecule has 1 aliphatic rings.